The van der Waals surface area contributed by atoms with Crippen LogP contribution in [-0.2, 0) is 6.54 Å². The molecule has 2 rings (SSSR count). The first-order valence-corrected chi connectivity index (χ1v) is 6.86. The summed E-state index contributed by atoms with van der Waals surface area (Å²) in [7, 11) is 0. The number of rotatable bonds is 3. The van der Waals surface area contributed by atoms with Crippen LogP contribution in [0.2, 0.25) is 0 Å². The number of hydrogen-bond donors (Lipinski definition) is 1. The van der Waals surface area contributed by atoms with Gasteiger partial charge in [-0.2, -0.15) is 0 Å². The zero-order valence-corrected chi connectivity index (χ0v) is 11.6. The standard InChI is InChI=1S/C9H8BrN3OS2/c1-5-8(16-13-12-5)9(14)11-4-6-2-3-7(10)15-6/h2-3H,4H2,1H3,(H,11,14). The van der Waals surface area contributed by atoms with Gasteiger partial charge in [0.15, 0.2) is 0 Å². The molecule has 4 nitrogen and oxygen atoms in total. The smallest absolute Gasteiger partial charge is 0.265 e. The summed E-state index contributed by atoms with van der Waals surface area (Å²) in [6.45, 7) is 2.31. The van der Waals surface area contributed by atoms with Crippen molar-refractivity contribution < 1.29 is 4.79 Å². The van der Waals surface area contributed by atoms with E-state index in [1.54, 1.807) is 18.3 Å². The van der Waals surface area contributed by atoms with Crippen molar-refractivity contribution in [2.24, 2.45) is 0 Å². The van der Waals surface area contributed by atoms with Gasteiger partial charge in [-0.1, -0.05) is 4.49 Å². The lowest BCUT2D eigenvalue weighted by molar-refractivity contribution is 0.0954. The number of carbonyl (C=O) groups excluding carboxylic acids is 1. The van der Waals surface area contributed by atoms with E-state index in [0.717, 1.165) is 20.2 Å². The largest absolute Gasteiger partial charge is 0.346 e. The van der Waals surface area contributed by atoms with E-state index in [1.807, 2.05) is 12.1 Å². The maximum Gasteiger partial charge on any atom is 0.265 e. The number of aromatic nitrogens is 2. The summed E-state index contributed by atoms with van der Waals surface area (Å²) in [5, 5.41) is 6.64. The number of carbonyl (C=O) groups is 1. The Hall–Kier alpha value is -0.790. The van der Waals surface area contributed by atoms with Crippen molar-refractivity contribution in [1.29, 1.82) is 0 Å². The highest BCUT2D eigenvalue weighted by Crippen LogP contribution is 2.21. The third kappa shape index (κ3) is 2.66. The first-order chi connectivity index (χ1) is 7.66. The molecule has 0 saturated heterocycles. The van der Waals surface area contributed by atoms with Crippen LogP contribution in [0.5, 0.6) is 0 Å². The molecule has 2 aromatic heterocycles. The van der Waals surface area contributed by atoms with E-state index in [0.29, 0.717) is 17.1 Å². The van der Waals surface area contributed by atoms with Crippen LogP contribution in [0.3, 0.4) is 0 Å². The molecule has 0 atom stereocenters. The Balaban J connectivity index is 1.96. The van der Waals surface area contributed by atoms with Gasteiger partial charge < -0.3 is 5.32 Å². The average Bonchev–Trinajstić information content (AvgIpc) is 2.84. The molecule has 7 heteroatoms. The fourth-order valence-corrected chi connectivity index (χ4v) is 3.13. The Morgan fingerprint density at radius 1 is 1.56 bits per heavy atom. The normalized spacial score (nSPS) is 10.4. The van der Waals surface area contributed by atoms with Crippen molar-refractivity contribution in [3.63, 3.8) is 0 Å². The first-order valence-electron chi connectivity index (χ1n) is 4.48. The Bertz CT molecular complexity index is 508. The van der Waals surface area contributed by atoms with E-state index in [2.05, 4.69) is 30.8 Å². The second kappa shape index (κ2) is 5.03. The van der Waals surface area contributed by atoms with Gasteiger partial charge in [-0.25, -0.2) is 0 Å². The van der Waals surface area contributed by atoms with Crippen molar-refractivity contribution in [2.75, 3.05) is 0 Å². The van der Waals surface area contributed by atoms with Crippen LogP contribution in [-0.4, -0.2) is 15.5 Å². The molecule has 1 N–H and O–H groups in total. The molecule has 0 aliphatic carbocycles. The number of halogens is 1. The molecule has 0 saturated carbocycles. The second-order valence-electron chi connectivity index (χ2n) is 3.08. The van der Waals surface area contributed by atoms with Gasteiger partial charge in [0.1, 0.15) is 4.88 Å². The minimum atomic E-state index is -0.114. The van der Waals surface area contributed by atoms with Gasteiger partial charge in [0, 0.05) is 4.88 Å². The van der Waals surface area contributed by atoms with Gasteiger partial charge in [-0.3, -0.25) is 4.79 Å². The van der Waals surface area contributed by atoms with Crippen molar-refractivity contribution in [2.45, 2.75) is 13.5 Å². The summed E-state index contributed by atoms with van der Waals surface area (Å²) in [5.41, 5.74) is 0.676. The second-order valence-corrected chi connectivity index (χ2v) is 6.38. The van der Waals surface area contributed by atoms with E-state index >= 15 is 0 Å². The summed E-state index contributed by atoms with van der Waals surface area (Å²) in [4.78, 5) is 13.4. The summed E-state index contributed by atoms with van der Waals surface area (Å²) >= 11 is 6.10. The predicted molar refractivity (Wildman–Crippen MR) is 67.8 cm³/mol. The molecule has 2 aromatic rings. The van der Waals surface area contributed by atoms with E-state index in [4.69, 9.17) is 0 Å². The molecule has 0 fully saturated rings. The zero-order valence-electron chi connectivity index (χ0n) is 8.36. The molecule has 0 bridgehead atoms. The van der Waals surface area contributed by atoms with Crippen LogP contribution in [0.15, 0.2) is 15.9 Å². The summed E-state index contributed by atoms with van der Waals surface area (Å²) in [6.07, 6.45) is 0. The lowest BCUT2D eigenvalue weighted by Crippen LogP contribution is -2.22. The SMILES string of the molecule is Cc1nnsc1C(=O)NCc1ccc(Br)s1. The van der Waals surface area contributed by atoms with Crippen molar-refractivity contribution in [1.82, 2.24) is 14.9 Å². The fourth-order valence-electron chi connectivity index (χ4n) is 1.13. The fraction of sp³-hybridized carbons (Fsp3) is 0.222. The maximum absolute atomic E-state index is 11.7. The lowest BCUT2D eigenvalue weighted by Gasteiger charge is -2.00. The van der Waals surface area contributed by atoms with Crippen LogP contribution >= 0.6 is 38.8 Å². The molecular formula is C9H8BrN3OS2. The highest BCUT2D eigenvalue weighted by Gasteiger charge is 2.12. The van der Waals surface area contributed by atoms with Crippen LogP contribution in [0.4, 0.5) is 0 Å². The topological polar surface area (TPSA) is 54.9 Å². The number of aryl methyl sites for hydroxylation is 1. The Morgan fingerprint density at radius 2 is 2.38 bits per heavy atom. The number of hydrogen-bond acceptors (Lipinski definition) is 5. The molecule has 1 amide bonds. The maximum atomic E-state index is 11.7. The van der Waals surface area contributed by atoms with Crippen LogP contribution in [0.25, 0.3) is 0 Å². The van der Waals surface area contributed by atoms with Crippen LogP contribution in [0.1, 0.15) is 20.2 Å². The molecule has 0 unspecified atom stereocenters. The molecule has 0 aromatic carbocycles. The van der Waals surface area contributed by atoms with Crippen molar-refractivity contribution >= 4 is 44.7 Å². The third-order valence-electron chi connectivity index (χ3n) is 1.91. The molecule has 0 aliphatic heterocycles. The molecule has 16 heavy (non-hydrogen) atoms. The molecule has 0 spiro atoms. The predicted octanol–water partition coefficient (Wildman–Crippen LogP) is 2.60. The van der Waals surface area contributed by atoms with Gasteiger partial charge in [-0.15, -0.1) is 16.4 Å². The van der Waals surface area contributed by atoms with Gasteiger partial charge in [-0.05, 0) is 46.5 Å². The zero-order chi connectivity index (χ0) is 11.5. The van der Waals surface area contributed by atoms with Crippen LogP contribution in [0, 0.1) is 6.92 Å². The first kappa shape index (κ1) is 11.7. The Labute approximate surface area is 109 Å². The van der Waals surface area contributed by atoms with E-state index < -0.39 is 0 Å². The van der Waals surface area contributed by atoms with Gasteiger partial charge in [0.05, 0.1) is 16.0 Å². The Morgan fingerprint density at radius 3 is 2.94 bits per heavy atom. The van der Waals surface area contributed by atoms with Gasteiger partial charge >= 0.3 is 0 Å². The molecule has 0 radical (unpaired) electrons. The number of nitrogens with one attached hydrogen (secondary N) is 1. The summed E-state index contributed by atoms with van der Waals surface area (Å²) in [5.74, 6) is -0.114. The molecule has 0 aliphatic rings. The lowest BCUT2D eigenvalue weighted by atomic mass is 10.3. The quantitative estimate of drug-likeness (QED) is 0.946. The summed E-state index contributed by atoms with van der Waals surface area (Å²) in [6, 6.07) is 3.94. The van der Waals surface area contributed by atoms with E-state index in [1.165, 1.54) is 0 Å². The molecule has 84 valence electrons. The van der Waals surface area contributed by atoms with Gasteiger partial charge in [0.2, 0.25) is 0 Å². The van der Waals surface area contributed by atoms with Crippen molar-refractivity contribution in [3.05, 3.63) is 31.4 Å². The number of amides is 1. The highest BCUT2D eigenvalue weighted by molar-refractivity contribution is 9.11. The monoisotopic (exact) mass is 317 g/mol. The average molecular weight is 318 g/mol. The number of thiophene rings is 1. The van der Waals surface area contributed by atoms with Crippen molar-refractivity contribution in [3.8, 4) is 0 Å². The summed E-state index contributed by atoms with van der Waals surface area (Å²) < 4.78 is 4.79. The number of nitrogens with zero attached hydrogens (tertiary/aromatic N) is 2. The third-order valence-corrected chi connectivity index (χ3v) is 4.36. The minimum absolute atomic E-state index is 0.114. The minimum Gasteiger partial charge on any atom is -0.346 e. The Kier molecular flexibility index (Phi) is 3.67. The molecule has 2 heterocycles. The highest BCUT2D eigenvalue weighted by atomic mass is 79.9. The van der Waals surface area contributed by atoms with E-state index in [9.17, 15) is 4.79 Å². The van der Waals surface area contributed by atoms with Gasteiger partial charge in [0.25, 0.3) is 5.91 Å². The van der Waals surface area contributed by atoms with E-state index in [-0.39, 0.29) is 5.91 Å². The van der Waals surface area contributed by atoms with Crippen LogP contribution < -0.4 is 5.32 Å². The molecular weight excluding hydrogens is 310 g/mol.